The summed E-state index contributed by atoms with van der Waals surface area (Å²) in [5.41, 5.74) is 1.06. The molecule has 0 bridgehead atoms. The highest BCUT2D eigenvalue weighted by molar-refractivity contribution is 6.18. The molecule has 0 spiro atoms. The van der Waals surface area contributed by atoms with Crippen LogP contribution in [0.15, 0.2) is 48.5 Å². The number of aryl methyl sites for hydroxylation is 1. The van der Waals surface area contributed by atoms with E-state index in [2.05, 4.69) is 5.32 Å². The predicted octanol–water partition coefficient (Wildman–Crippen LogP) is 4.38. The number of nitrogens with zero attached hydrogens (tertiary/aromatic N) is 2. The molecule has 2 aromatic carbocycles. The Hall–Kier alpha value is -3.68. The number of benzene rings is 2. The van der Waals surface area contributed by atoms with E-state index in [4.69, 9.17) is 4.74 Å². The van der Waals surface area contributed by atoms with Gasteiger partial charge in [-0.1, -0.05) is 24.3 Å². The van der Waals surface area contributed by atoms with Crippen molar-refractivity contribution in [2.75, 3.05) is 23.3 Å². The van der Waals surface area contributed by atoms with Crippen molar-refractivity contribution in [1.82, 2.24) is 4.90 Å². The first-order valence-electron chi connectivity index (χ1n) is 10.4. The van der Waals surface area contributed by atoms with E-state index in [1.165, 1.54) is 11.0 Å². The molecular weight excluding hydrogens is 410 g/mol. The number of carbonyl (C=O) groups excluding carboxylic acids is 4. The summed E-state index contributed by atoms with van der Waals surface area (Å²) in [5.74, 6) is -0.946. The Balaban J connectivity index is 1.93. The number of ketones is 1. The number of hydrogen-bond acceptors (Lipinski definition) is 5. The Bertz CT molecular complexity index is 1060. The average Bonchev–Trinajstić information content (AvgIpc) is 2.74. The molecular formula is C24H27N3O5. The van der Waals surface area contributed by atoms with Crippen molar-refractivity contribution in [3.05, 3.63) is 59.7 Å². The number of imide groups is 1. The van der Waals surface area contributed by atoms with Crippen molar-refractivity contribution < 1.29 is 23.9 Å². The lowest BCUT2D eigenvalue weighted by molar-refractivity contribution is -0.118. The maximum absolute atomic E-state index is 13.2. The Kier molecular flexibility index (Phi) is 6.62. The van der Waals surface area contributed by atoms with E-state index in [-0.39, 0.29) is 30.0 Å². The van der Waals surface area contributed by atoms with Crippen LogP contribution < -0.4 is 10.2 Å². The lowest BCUT2D eigenvalue weighted by atomic mass is 10.1. The van der Waals surface area contributed by atoms with Gasteiger partial charge in [0.05, 0.1) is 5.69 Å². The molecule has 1 aliphatic heterocycles. The Labute approximate surface area is 187 Å². The van der Waals surface area contributed by atoms with Gasteiger partial charge < -0.3 is 15.0 Å². The van der Waals surface area contributed by atoms with Gasteiger partial charge in [-0.3, -0.25) is 9.59 Å². The molecule has 0 aliphatic carbocycles. The van der Waals surface area contributed by atoms with Gasteiger partial charge in [-0.2, -0.15) is 0 Å². The number of para-hydroxylation sites is 1. The second-order valence-electron chi connectivity index (χ2n) is 8.62. The van der Waals surface area contributed by atoms with Crippen molar-refractivity contribution in [3.8, 4) is 0 Å². The Morgan fingerprint density at radius 3 is 2.44 bits per heavy atom. The number of rotatable bonds is 1. The van der Waals surface area contributed by atoms with Crippen molar-refractivity contribution in [3.63, 3.8) is 0 Å². The molecule has 0 fully saturated rings. The fraction of sp³-hybridized carbons (Fsp3) is 0.333. The zero-order chi connectivity index (χ0) is 23.5. The van der Waals surface area contributed by atoms with Gasteiger partial charge in [0.25, 0.3) is 5.91 Å². The number of anilines is 2. The molecule has 3 rings (SSSR count). The van der Waals surface area contributed by atoms with E-state index in [1.54, 1.807) is 57.2 Å². The molecule has 1 N–H and O–H groups in total. The van der Waals surface area contributed by atoms with Crippen LogP contribution in [0.25, 0.3) is 0 Å². The van der Waals surface area contributed by atoms with Crippen molar-refractivity contribution >= 4 is 35.2 Å². The minimum atomic E-state index is -0.899. The van der Waals surface area contributed by atoms with Crippen LogP contribution in [0.4, 0.5) is 21.0 Å². The minimum Gasteiger partial charge on any atom is -0.443 e. The minimum absolute atomic E-state index is 0.00763. The van der Waals surface area contributed by atoms with Crippen LogP contribution in [0.3, 0.4) is 0 Å². The summed E-state index contributed by atoms with van der Waals surface area (Å²) >= 11 is 0. The van der Waals surface area contributed by atoms with Gasteiger partial charge in [-0.15, -0.1) is 0 Å². The molecule has 1 heterocycles. The predicted molar refractivity (Wildman–Crippen MR) is 121 cm³/mol. The quantitative estimate of drug-likeness (QED) is 0.714. The Morgan fingerprint density at radius 2 is 1.75 bits per heavy atom. The number of urea groups is 1. The van der Waals surface area contributed by atoms with Crippen LogP contribution in [0.2, 0.25) is 0 Å². The lowest BCUT2D eigenvalue weighted by Gasteiger charge is -2.28. The Morgan fingerprint density at radius 1 is 1.03 bits per heavy atom. The van der Waals surface area contributed by atoms with Crippen LogP contribution in [0, 0.1) is 6.92 Å². The number of hydrogen-bond donors (Lipinski definition) is 1. The molecule has 4 amide bonds. The molecule has 168 valence electrons. The van der Waals surface area contributed by atoms with E-state index in [0.717, 1.165) is 10.5 Å². The molecule has 1 aliphatic rings. The van der Waals surface area contributed by atoms with E-state index >= 15 is 0 Å². The van der Waals surface area contributed by atoms with Gasteiger partial charge in [0.2, 0.25) is 0 Å². The zero-order valence-corrected chi connectivity index (χ0v) is 18.7. The van der Waals surface area contributed by atoms with Crippen molar-refractivity contribution in [2.24, 2.45) is 0 Å². The van der Waals surface area contributed by atoms with Gasteiger partial charge in [0.15, 0.2) is 5.78 Å². The third-order valence-corrected chi connectivity index (χ3v) is 4.76. The molecule has 0 radical (unpaired) electrons. The lowest BCUT2D eigenvalue weighted by Crippen LogP contribution is -2.48. The summed E-state index contributed by atoms with van der Waals surface area (Å²) < 4.78 is 5.42. The topological polar surface area (TPSA) is 96.0 Å². The standard InChI is InChI=1S/C24H27N3O5/c1-16-8-7-9-17(14-16)25-22(30)26-13-12-20(28)18-10-5-6-11-19(18)27(21(29)15-26)23(31)32-24(2,3)4/h5-11,14H,12-13,15H2,1-4H3,(H,25,30). The smallest absolute Gasteiger partial charge is 0.421 e. The summed E-state index contributed by atoms with van der Waals surface area (Å²) in [4.78, 5) is 54.0. The van der Waals surface area contributed by atoms with E-state index in [1.807, 2.05) is 13.0 Å². The SMILES string of the molecule is Cc1cccc(NC(=O)N2CCC(=O)c3ccccc3N(C(=O)OC(C)(C)C)C(=O)C2)c1. The number of Topliss-reactive ketones (excluding diaryl/α,β-unsaturated/α-hetero) is 1. The molecule has 0 aromatic heterocycles. The van der Waals surface area contributed by atoms with Crippen LogP contribution in [-0.2, 0) is 9.53 Å². The third kappa shape index (κ3) is 5.51. The third-order valence-electron chi connectivity index (χ3n) is 4.76. The molecule has 2 aromatic rings. The zero-order valence-electron chi connectivity index (χ0n) is 18.7. The summed E-state index contributed by atoms with van der Waals surface area (Å²) in [6.45, 7) is 6.59. The number of ether oxygens (including phenoxy) is 1. The first-order chi connectivity index (χ1) is 15.0. The summed E-state index contributed by atoms with van der Waals surface area (Å²) in [7, 11) is 0. The molecule has 0 atom stereocenters. The van der Waals surface area contributed by atoms with Crippen LogP contribution >= 0.6 is 0 Å². The van der Waals surface area contributed by atoms with E-state index in [9.17, 15) is 19.2 Å². The number of nitrogens with one attached hydrogen (secondary N) is 1. The highest BCUT2D eigenvalue weighted by atomic mass is 16.6. The summed E-state index contributed by atoms with van der Waals surface area (Å²) in [6, 6.07) is 13.1. The van der Waals surface area contributed by atoms with E-state index < -0.39 is 30.2 Å². The number of carbonyl (C=O) groups is 4. The molecule has 0 saturated carbocycles. The van der Waals surface area contributed by atoms with Gasteiger partial charge in [-0.05, 0) is 57.5 Å². The average molecular weight is 437 g/mol. The van der Waals surface area contributed by atoms with Crippen LogP contribution in [-0.4, -0.2) is 47.4 Å². The van der Waals surface area contributed by atoms with Crippen LogP contribution in [0.1, 0.15) is 43.1 Å². The normalized spacial score (nSPS) is 14.8. The van der Waals surface area contributed by atoms with Gasteiger partial charge in [0.1, 0.15) is 12.1 Å². The second kappa shape index (κ2) is 9.21. The molecule has 0 saturated heterocycles. The highest BCUT2D eigenvalue weighted by Gasteiger charge is 2.34. The first kappa shape index (κ1) is 23.0. The van der Waals surface area contributed by atoms with Crippen LogP contribution in [0.5, 0.6) is 0 Å². The fourth-order valence-electron chi connectivity index (χ4n) is 3.33. The monoisotopic (exact) mass is 437 g/mol. The molecule has 8 nitrogen and oxygen atoms in total. The largest absolute Gasteiger partial charge is 0.443 e. The highest BCUT2D eigenvalue weighted by Crippen LogP contribution is 2.26. The first-order valence-corrected chi connectivity index (χ1v) is 10.4. The second-order valence-corrected chi connectivity index (χ2v) is 8.62. The van der Waals surface area contributed by atoms with Gasteiger partial charge in [-0.25, -0.2) is 14.5 Å². The summed E-state index contributed by atoms with van der Waals surface area (Å²) in [6.07, 6.45) is -0.892. The van der Waals surface area contributed by atoms with Gasteiger partial charge >= 0.3 is 12.1 Å². The molecule has 0 unspecified atom stereocenters. The number of fused-ring (bicyclic) bond motifs is 1. The fourth-order valence-corrected chi connectivity index (χ4v) is 3.33. The molecule has 8 heteroatoms. The van der Waals surface area contributed by atoms with Crippen molar-refractivity contribution in [1.29, 1.82) is 0 Å². The summed E-state index contributed by atoms with van der Waals surface area (Å²) in [5, 5.41) is 2.75. The van der Waals surface area contributed by atoms with E-state index in [0.29, 0.717) is 5.69 Å². The van der Waals surface area contributed by atoms with Crippen molar-refractivity contribution in [2.45, 2.75) is 39.7 Å². The maximum atomic E-state index is 13.2. The molecule has 32 heavy (non-hydrogen) atoms. The number of amides is 4. The van der Waals surface area contributed by atoms with Gasteiger partial charge in [0, 0.05) is 24.2 Å². The maximum Gasteiger partial charge on any atom is 0.421 e.